The van der Waals surface area contributed by atoms with Crippen molar-refractivity contribution in [3.63, 3.8) is 0 Å². The van der Waals surface area contributed by atoms with Crippen molar-refractivity contribution < 1.29 is 14.0 Å². The Morgan fingerprint density at radius 2 is 1.74 bits per heavy atom. The number of hydrazine groups is 1. The molecule has 0 saturated carbocycles. The van der Waals surface area contributed by atoms with Crippen LogP contribution in [-0.2, 0) is 0 Å². The van der Waals surface area contributed by atoms with Gasteiger partial charge in [-0.25, -0.2) is 0 Å². The first-order chi connectivity index (χ1) is 9.20. The van der Waals surface area contributed by atoms with Gasteiger partial charge in [-0.05, 0) is 42.7 Å². The van der Waals surface area contributed by atoms with Gasteiger partial charge in [-0.3, -0.25) is 20.4 Å². The van der Waals surface area contributed by atoms with Crippen molar-refractivity contribution in [2.45, 2.75) is 4.90 Å². The molecule has 1 aromatic carbocycles. The van der Waals surface area contributed by atoms with E-state index in [9.17, 15) is 9.59 Å². The van der Waals surface area contributed by atoms with E-state index in [-0.39, 0.29) is 11.7 Å². The zero-order chi connectivity index (χ0) is 13.7. The molecule has 2 N–H and O–H groups in total. The molecule has 2 amide bonds. The van der Waals surface area contributed by atoms with Gasteiger partial charge in [0.25, 0.3) is 5.91 Å². The monoisotopic (exact) mass is 276 g/mol. The fourth-order valence-electron chi connectivity index (χ4n) is 1.40. The van der Waals surface area contributed by atoms with Gasteiger partial charge in [0.1, 0.15) is 0 Å². The quantitative estimate of drug-likeness (QED) is 0.665. The number of carbonyl (C=O) groups excluding carboxylic acids is 2. The Bertz CT molecular complexity index is 564. The Labute approximate surface area is 114 Å². The van der Waals surface area contributed by atoms with E-state index in [0.717, 1.165) is 4.90 Å². The summed E-state index contributed by atoms with van der Waals surface area (Å²) in [6, 6.07) is 10.2. The maximum absolute atomic E-state index is 11.8. The van der Waals surface area contributed by atoms with Crippen molar-refractivity contribution in [2.75, 3.05) is 6.26 Å². The third-order valence-electron chi connectivity index (χ3n) is 2.39. The lowest BCUT2D eigenvalue weighted by Gasteiger charge is -2.06. The SMILES string of the molecule is CSc1ccc(C(=O)NNC(=O)c2ccco2)cc1. The highest BCUT2D eigenvalue weighted by Crippen LogP contribution is 2.14. The number of hydrogen-bond acceptors (Lipinski definition) is 4. The molecule has 0 radical (unpaired) electrons. The summed E-state index contributed by atoms with van der Waals surface area (Å²) >= 11 is 1.59. The zero-order valence-electron chi connectivity index (χ0n) is 10.2. The van der Waals surface area contributed by atoms with E-state index in [4.69, 9.17) is 4.42 Å². The predicted molar refractivity (Wildman–Crippen MR) is 71.9 cm³/mol. The standard InChI is InChI=1S/C13H12N2O3S/c1-19-10-6-4-9(5-7-10)12(16)14-15-13(17)11-3-2-8-18-11/h2-8H,1H3,(H,14,16)(H,15,17). The molecule has 0 saturated heterocycles. The Morgan fingerprint density at radius 1 is 1.05 bits per heavy atom. The van der Waals surface area contributed by atoms with Gasteiger partial charge < -0.3 is 4.42 Å². The minimum absolute atomic E-state index is 0.137. The van der Waals surface area contributed by atoms with Gasteiger partial charge in [-0.2, -0.15) is 0 Å². The molecule has 0 fully saturated rings. The van der Waals surface area contributed by atoms with E-state index in [2.05, 4.69) is 10.9 Å². The Kier molecular flexibility index (Phi) is 4.25. The van der Waals surface area contributed by atoms with E-state index >= 15 is 0 Å². The number of benzene rings is 1. The summed E-state index contributed by atoms with van der Waals surface area (Å²) in [4.78, 5) is 24.3. The minimum atomic E-state index is -0.501. The van der Waals surface area contributed by atoms with Crippen LogP contribution in [0.1, 0.15) is 20.9 Å². The molecule has 2 aromatic rings. The summed E-state index contributed by atoms with van der Waals surface area (Å²) in [5.74, 6) is -0.746. The van der Waals surface area contributed by atoms with Crippen molar-refractivity contribution in [1.82, 2.24) is 10.9 Å². The van der Waals surface area contributed by atoms with Gasteiger partial charge in [0.15, 0.2) is 5.76 Å². The van der Waals surface area contributed by atoms with Crippen molar-refractivity contribution in [3.05, 3.63) is 54.0 Å². The summed E-state index contributed by atoms with van der Waals surface area (Å²) < 4.78 is 4.90. The molecule has 5 nitrogen and oxygen atoms in total. The third-order valence-corrected chi connectivity index (χ3v) is 3.13. The number of amides is 2. The van der Waals surface area contributed by atoms with Crippen LogP contribution in [0.2, 0.25) is 0 Å². The second-order valence-electron chi connectivity index (χ2n) is 3.61. The van der Waals surface area contributed by atoms with Crippen LogP contribution in [0.5, 0.6) is 0 Å². The fourth-order valence-corrected chi connectivity index (χ4v) is 1.81. The van der Waals surface area contributed by atoms with Crippen LogP contribution in [0, 0.1) is 0 Å². The second-order valence-corrected chi connectivity index (χ2v) is 4.49. The van der Waals surface area contributed by atoms with Crippen LogP contribution in [0.3, 0.4) is 0 Å². The van der Waals surface area contributed by atoms with E-state index in [1.54, 1.807) is 30.0 Å². The van der Waals surface area contributed by atoms with Crippen LogP contribution in [0.4, 0.5) is 0 Å². The molecule has 0 unspecified atom stereocenters. The normalized spacial score (nSPS) is 9.95. The van der Waals surface area contributed by atoms with Crippen LogP contribution < -0.4 is 10.9 Å². The number of nitrogens with one attached hydrogen (secondary N) is 2. The van der Waals surface area contributed by atoms with E-state index in [0.29, 0.717) is 5.56 Å². The summed E-state index contributed by atoms with van der Waals surface area (Å²) in [7, 11) is 0. The van der Waals surface area contributed by atoms with Crippen molar-refractivity contribution in [2.24, 2.45) is 0 Å². The third kappa shape index (κ3) is 3.38. The molecule has 1 heterocycles. The van der Waals surface area contributed by atoms with Crippen molar-refractivity contribution in [3.8, 4) is 0 Å². The highest BCUT2D eigenvalue weighted by molar-refractivity contribution is 7.98. The first kappa shape index (κ1) is 13.2. The number of rotatable bonds is 3. The molecule has 0 aliphatic heterocycles. The van der Waals surface area contributed by atoms with E-state index < -0.39 is 5.91 Å². The van der Waals surface area contributed by atoms with Crippen molar-refractivity contribution >= 4 is 23.6 Å². The molecule has 98 valence electrons. The summed E-state index contributed by atoms with van der Waals surface area (Å²) in [6.45, 7) is 0. The van der Waals surface area contributed by atoms with Gasteiger partial charge in [0.2, 0.25) is 0 Å². The first-order valence-electron chi connectivity index (χ1n) is 5.49. The Hall–Kier alpha value is -2.21. The Morgan fingerprint density at radius 3 is 2.32 bits per heavy atom. The van der Waals surface area contributed by atoms with Crippen molar-refractivity contribution in [1.29, 1.82) is 0 Å². The topological polar surface area (TPSA) is 71.3 Å². The van der Waals surface area contributed by atoms with Gasteiger partial charge in [-0.15, -0.1) is 11.8 Å². The summed E-state index contributed by atoms with van der Waals surface area (Å²) in [6.07, 6.45) is 3.34. The van der Waals surface area contributed by atoms with Crippen LogP contribution in [0.25, 0.3) is 0 Å². The van der Waals surface area contributed by atoms with Gasteiger partial charge in [0.05, 0.1) is 6.26 Å². The van der Waals surface area contributed by atoms with Gasteiger partial charge >= 0.3 is 5.91 Å². The lowest BCUT2D eigenvalue weighted by Crippen LogP contribution is -2.41. The highest BCUT2D eigenvalue weighted by atomic mass is 32.2. The molecule has 0 aliphatic carbocycles. The first-order valence-corrected chi connectivity index (χ1v) is 6.71. The molecule has 0 bridgehead atoms. The predicted octanol–water partition coefficient (Wildman–Crippen LogP) is 2.08. The lowest BCUT2D eigenvalue weighted by atomic mass is 10.2. The number of hydrogen-bond donors (Lipinski definition) is 2. The Balaban J connectivity index is 1.92. The number of thioether (sulfide) groups is 1. The fraction of sp³-hybridized carbons (Fsp3) is 0.0769. The molecule has 6 heteroatoms. The summed E-state index contributed by atoms with van der Waals surface area (Å²) in [5.41, 5.74) is 5.06. The average Bonchev–Trinajstić information content (AvgIpc) is 2.98. The van der Waals surface area contributed by atoms with Gasteiger partial charge in [0, 0.05) is 10.5 Å². The highest BCUT2D eigenvalue weighted by Gasteiger charge is 2.10. The lowest BCUT2D eigenvalue weighted by molar-refractivity contribution is 0.0831. The molecular weight excluding hydrogens is 264 g/mol. The van der Waals surface area contributed by atoms with Crippen LogP contribution >= 0.6 is 11.8 Å². The van der Waals surface area contributed by atoms with E-state index in [1.807, 2.05) is 18.4 Å². The molecule has 0 atom stereocenters. The largest absolute Gasteiger partial charge is 0.459 e. The molecule has 0 spiro atoms. The maximum atomic E-state index is 11.8. The number of carbonyl (C=O) groups is 2. The smallest absolute Gasteiger partial charge is 0.305 e. The zero-order valence-corrected chi connectivity index (χ0v) is 11.0. The van der Waals surface area contributed by atoms with E-state index in [1.165, 1.54) is 12.3 Å². The van der Waals surface area contributed by atoms with Crippen LogP contribution in [0.15, 0.2) is 52.0 Å². The summed E-state index contributed by atoms with van der Waals surface area (Å²) in [5, 5.41) is 0. The maximum Gasteiger partial charge on any atom is 0.305 e. The van der Waals surface area contributed by atoms with Gasteiger partial charge in [-0.1, -0.05) is 0 Å². The number of furan rings is 1. The molecule has 0 aliphatic rings. The second kappa shape index (κ2) is 6.10. The minimum Gasteiger partial charge on any atom is -0.459 e. The molecule has 19 heavy (non-hydrogen) atoms. The molecule has 2 rings (SSSR count). The molecular formula is C13H12N2O3S. The molecule has 1 aromatic heterocycles. The average molecular weight is 276 g/mol. The van der Waals surface area contributed by atoms with Crippen LogP contribution in [-0.4, -0.2) is 18.1 Å².